The maximum atomic E-state index is 12.0. The van der Waals surface area contributed by atoms with Gasteiger partial charge in [-0.2, -0.15) is 0 Å². The van der Waals surface area contributed by atoms with E-state index in [1.54, 1.807) is 4.90 Å². The number of hydrogen-bond donors (Lipinski definition) is 0. The monoisotopic (exact) mass is 397 g/mol. The highest BCUT2D eigenvalue weighted by molar-refractivity contribution is 14.1. The minimum Gasteiger partial charge on any atom is -0.444 e. The van der Waals surface area contributed by atoms with E-state index in [1.165, 1.54) is 6.42 Å². The summed E-state index contributed by atoms with van der Waals surface area (Å²) < 4.78 is 11.7. The molecule has 2 unspecified atom stereocenters. The molecule has 0 saturated carbocycles. The van der Waals surface area contributed by atoms with Crippen molar-refractivity contribution in [2.75, 3.05) is 19.7 Å². The molecule has 4 nitrogen and oxygen atoms in total. The van der Waals surface area contributed by atoms with Gasteiger partial charge in [0.1, 0.15) is 5.60 Å². The molecule has 1 rings (SSSR count). The lowest BCUT2D eigenvalue weighted by molar-refractivity contribution is 0.0208. The zero-order valence-electron chi connectivity index (χ0n) is 13.3. The number of halogens is 1. The Labute approximate surface area is 136 Å². The molecule has 1 saturated heterocycles. The number of likely N-dealkylation sites (tertiary alicyclic amines) is 1. The Morgan fingerprint density at radius 3 is 2.55 bits per heavy atom. The van der Waals surface area contributed by atoms with Crippen molar-refractivity contribution >= 4 is 28.7 Å². The molecule has 1 fully saturated rings. The smallest absolute Gasteiger partial charge is 0.410 e. The number of hydrogen-bond acceptors (Lipinski definition) is 3. The van der Waals surface area contributed by atoms with Crippen LogP contribution < -0.4 is 0 Å². The first-order chi connectivity index (χ1) is 9.19. The lowest BCUT2D eigenvalue weighted by Crippen LogP contribution is -2.36. The van der Waals surface area contributed by atoms with E-state index in [-0.39, 0.29) is 12.2 Å². The predicted molar refractivity (Wildman–Crippen MR) is 89.4 cm³/mol. The van der Waals surface area contributed by atoms with Gasteiger partial charge in [-0.3, -0.25) is 0 Å². The third kappa shape index (κ3) is 6.61. The fourth-order valence-electron chi connectivity index (χ4n) is 2.09. The molecule has 5 heteroatoms. The second-order valence-electron chi connectivity index (χ2n) is 6.85. The van der Waals surface area contributed by atoms with Crippen LogP contribution in [0.15, 0.2) is 0 Å². The lowest BCUT2D eigenvalue weighted by atomic mass is 10.1. The summed E-state index contributed by atoms with van der Waals surface area (Å²) in [5, 5.41) is 0. The number of ether oxygens (including phenoxy) is 2. The molecule has 0 aromatic heterocycles. The van der Waals surface area contributed by atoms with Crippen molar-refractivity contribution in [3.63, 3.8) is 0 Å². The highest BCUT2D eigenvalue weighted by Crippen LogP contribution is 2.23. The molecule has 0 aromatic carbocycles. The van der Waals surface area contributed by atoms with Crippen molar-refractivity contribution in [2.24, 2.45) is 5.92 Å². The normalized spacial score (nSPS) is 23.4. The van der Waals surface area contributed by atoms with Crippen molar-refractivity contribution in [1.29, 1.82) is 0 Å². The first-order valence-electron chi connectivity index (χ1n) is 7.42. The summed E-state index contributed by atoms with van der Waals surface area (Å²) in [6.07, 6.45) is 2.18. The van der Waals surface area contributed by atoms with Gasteiger partial charge in [0.15, 0.2) is 0 Å². The van der Waals surface area contributed by atoms with Crippen molar-refractivity contribution < 1.29 is 14.3 Å². The fraction of sp³-hybridized carbons (Fsp3) is 0.933. The van der Waals surface area contributed by atoms with E-state index in [1.807, 2.05) is 20.8 Å². The van der Waals surface area contributed by atoms with Crippen molar-refractivity contribution in [1.82, 2.24) is 4.90 Å². The van der Waals surface area contributed by atoms with Gasteiger partial charge in [0.2, 0.25) is 0 Å². The molecule has 0 bridgehead atoms. The Morgan fingerprint density at radius 2 is 2.00 bits per heavy atom. The van der Waals surface area contributed by atoms with E-state index >= 15 is 0 Å². The molecule has 0 aromatic rings. The molecular weight excluding hydrogens is 369 g/mol. The van der Waals surface area contributed by atoms with Crippen LogP contribution in [0.4, 0.5) is 4.79 Å². The summed E-state index contributed by atoms with van der Waals surface area (Å²) in [6.45, 7) is 12.3. The Hall–Kier alpha value is -0.0400. The summed E-state index contributed by atoms with van der Waals surface area (Å²) in [5.74, 6) is 0.718. The standard InChI is InChI=1S/C15H28INO3/c1-11(2)7-6-8-19-13-10-17(9-12(13)16)14(18)20-15(3,4)5/h11-13H,6-10H2,1-5H3. The average Bonchev–Trinajstić information content (AvgIpc) is 2.64. The summed E-state index contributed by atoms with van der Waals surface area (Å²) in [6, 6.07) is 0. The van der Waals surface area contributed by atoms with Gasteiger partial charge in [-0.25, -0.2) is 4.79 Å². The van der Waals surface area contributed by atoms with Crippen LogP contribution in [0.5, 0.6) is 0 Å². The molecule has 1 amide bonds. The first-order valence-corrected chi connectivity index (χ1v) is 8.67. The van der Waals surface area contributed by atoms with Crippen LogP contribution in [-0.2, 0) is 9.47 Å². The van der Waals surface area contributed by atoms with Crippen molar-refractivity contribution in [2.45, 2.75) is 63.1 Å². The van der Waals surface area contributed by atoms with Crippen molar-refractivity contribution in [3.8, 4) is 0 Å². The second kappa shape index (κ2) is 7.82. The van der Waals surface area contributed by atoms with Gasteiger partial charge in [-0.05, 0) is 39.5 Å². The second-order valence-corrected chi connectivity index (χ2v) is 8.45. The zero-order chi connectivity index (χ0) is 15.3. The SMILES string of the molecule is CC(C)CCCOC1CN(C(=O)OC(C)(C)C)CC1I. The fourth-order valence-corrected chi connectivity index (χ4v) is 3.00. The highest BCUT2D eigenvalue weighted by atomic mass is 127. The molecule has 0 N–H and O–H groups in total. The first kappa shape index (κ1) is 18.0. The number of amides is 1. The molecule has 118 valence electrons. The van der Waals surface area contributed by atoms with Gasteiger partial charge in [-0.15, -0.1) is 0 Å². The third-order valence-corrected chi connectivity index (χ3v) is 4.30. The molecule has 20 heavy (non-hydrogen) atoms. The summed E-state index contributed by atoms with van der Waals surface area (Å²) in [5.41, 5.74) is -0.436. The highest BCUT2D eigenvalue weighted by Gasteiger charge is 2.36. The Morgan fingerprint density at radius 1 is 1.35 bits per heavy atom. The van der Waals surface area contributed by atoms with Crippen LogP contribution in [0.25, 0.3) is 0 Å². The molecule has 2 atom stereocenters. The van der Waals surface area contributed by atoms with Crippen LogP contribution in [0.2, 0.25) is 0 Å². The molecular formula is C15H28INO3. The van der Waals surface area contributed by atoms with E-state index < -0.39 is 5.60 Å². The maximum Gasteiger partial charge on any atom is 0.410 e. The maximum absolute atomic E-state index is 12.0. The van der Waals surface area contributed by atoms with E-state index in [0.717, 1.165) is 18.9 Å². The zero-order valence-corrected chi connectivity index (χ0v) is 15.5. The quantitative estimate of drug-likeness (QED) is 0.402. The van der Waals surface area contributed by atoms with Gasteiger partial charge in [-0.1, -0.05) is 36.4 Å². The molecule has 0 aliphatic carbocycles. The molecule has 0 spiro atoms. The molecule has 1 heterocycles. The van der Waals surface area contributed by atoms with Gasteiger partial charge in [0, 0.05) is 13.2 Å². The van der Waals surface area contributed by atoms with E-state index in [2.05, 4.69) is 36.4 Å². The average molecular weight is 397 g/mol. The third-order valence-electron chi connectivity index (χ3n) is 3.11. The minimum absolute atomic E-state index is 0.135. The van der Waals surface area contributed by atoms with Crippen LogP contribution >= 0.6 is 22.6 Å². The van der Waals surface area contributed by atoms with Crippen LogP contribution in [-0.4, -0.2) is 46.3 Å². The lowest BCUT2D eigenvalue weighted by Gasteiger charge is -2.24. The summed E-state index contributed by atoms with van der Waals surface area (Å²) >= 11 is 2.37. The summed E-state index contributed by atoms with van der Waals surface area (Å²) in [4.78, 5) is 13.8. The molecule has 1 aliphatic rings. The number of nitrogens with zero attached hydrogens (tertiary/aromatic N) is 1. The van der Waals surface area contributed by atoms with E-state index in [4.69, 9.17) is 9.47 Å². The number of carbonyl (C=O) groups excluding carboxylic acids is 1. The minimum atomic E-state index is -0.436. The van der Waals surface area contributed by atoms with Gasteiger partial charge >= 0.3 is 6.09 Å². The molecule has 0 radical (unpaired) electrons. The number of alkyl halides is 1. The van der Waals surface area contributed by atoms with E-state index in [9.17, 15) is 4.79 Å². The Kier molecular flexibility index (Phi) is 7.04. The van der Waals surface area contributed by atoms with Gasteiger partial charge in [0.05, 0.1) is 16.6 Å². The van der Waals surface area contributed by atoms with Crippen LogP contribution in [0, 0.1) is 5.92 Å². The summed E-state index contributed by atoms with van der Waals surface area (Å²) in [7, 11) is 0. The van der Waals surface area contributed by atoms with E-state index in [0.29, 0.717) is 17.0 Å². The predicted octanol–water partition coefficient (Wildman–Crippen LogP) is 3.86. The van der Waals surface area contributed by atoms with Crippen molar-refractivity contribution in [3.05, 3.63) is 0 Å². The number of carbonyl (C=O) groups is 1. The van der Waals surface area contributed by atoms with Crippen LogP contribution in [0.1, 0.15) is 47.5 Å². The Balaban J connectivity index is 2.33. The number of rotatable bonds is 5. The molecule has 1 aliphatic heterocycles. The van der Waals surface area contributed by atoms with Crippen LogP contribution in [0.3, 0.4) is 0 Å². The Bertz CT molecular complexity index is 315. The topological polar surface area (TPSA) is 38.8 Å². The van der Waals surface area contributed by atoms with Gasteiger partial charge in [0.25, 0.3) is 0 Å². The largest absolute Gasteiger partial charge is 0.444 e. The van der Waals surface area contributed by atoms with Gasteiger partial charge < -0.3 is 14.4 Å².